The average Bonchev–Trinajstić information content (AvgIpc) is 2.05. The van der Waals surface area contributed by atoms with Gasteiger partial charge >= 0.3 is 0 Å². The highest BCUT2D eigenvalue weighted by Crippen LogP contribution is 2.02. The highest BCUT2D eigenvalue weighted by molar-refractivity contribution is 4.56. The van der Waals surface area contributed by atoms with Crippen LogP contribution < -0.4 is 5.32 Å². The molecule has 1 unspecified atom stereocenters. The molecule has 0 aromatic heterocycles. The van der Waals surface area contributed by atoms with Crippen LogP contribution in [0.1, 0.15) is 46.0 Å². The van der Waals surface area contributed by atoms with Gasteiger partial charge in [0.05, 0.1) is 6.10 Å². The zero-order chi connectivity index (χ0) is 9.23. The molecule has 2 nitrogen and oxygen atoms in total. The van der Waals surface area contributed by atoms with Crippen LogP contribution in [0.15, 0.2) is 0 Å². The van der Waals surface area contributed by atoms with Crippen molar-refractivity contribution in [3.63, 3.8) is 0 Å². The third-order valence-electron chi connectivity index (χ3n) is 1.94. The first-order valence-corrected chi connectivity index (χ1v) is 5.20. The lowest BCUT2D eigenvalue weighted by atomic mass is 10.1. The summed E-state index contributed by atoms with van der Waals surface area (Å²) in [5.74, 6) is 0. The maximum Gasteiger partial charge on any atom is 0.0540 e. The second-order valence-corrected chi connectivity index (χ2v) is 3.33. The quantitative estimate of drug-likeness (QED) is 0.550. The predicted molar refractivity (Wildman–Crippen MR) is 53.3 cm³/mol. The molecule has 0 aromatic carbocycles. The fourth-order valence-corrected chi connectivity index (χ4v) is 1.24. The fourth-order valence-electron chi connectivity index (χ4n) is 1.24. The van der Waals surface area contributed by atoms with Crippen molar-refractivity contribution in [1.29, 1.82) is 0 Å². The van der Waals surface area contributed by atoms with Gasteiger partial charge in [0.2, 0.25) is 0 Å². The van der Waals surface area contributed by atoms with Crippen LogP contribution in [0, 0.1) is 0 Å². The Morgan fingerprint density at radius 2 is 1.83 bits per heavy atom. The maximum absolute atomic E-state index is 9.38. The molecule has 1 atom stereocenters. The Hall–Kier alpha value is -0.0800. The molecule has 0 heterocycles. The van der Waals surface area contributed by atoms with E-state index in [-0.39, 0.29) is 6.10 Å². The van der Waals surface area contributed by atoms with E-state index in [4.69, 9.17) is 0 Å². The molecule has 0 aliphatic rings. The van der Waals surface area contributed by atoms with Gasteiger partial charge in [-0.2, -0.15) is 0 Å². The van der Waals surface area contributed by atoms with Crippen molar-refractivity contribution in [2.75, 3.05) is 13.1 Å². The van der Waals surface area contributed by atoms with Crippen molar-refractivity contribution in [2.45, 2.75) is 52.1 Å². The number of aliphatic hydroxyl groups excluding tert-OH is 1. The Bertz CT molecular complexity index is 85.9. The van der Waals surface area contributed by atoms with E-state index in [1.807, 2.05) is 0 Å². The summed E-state index contributed by atoms with van der Waals surface area (Å²) in [6.07, 6.45) is 5.21. The third kappa shape index (κ3) is 8.02. The van der Waals surface area contributed by atoms with Crippen molar-refractivity contribution in [3.05, 3.63) is 0 Å². The fraction of sp³-hybridized carbons (Fsp3) is 1.00. The van der Waals surface area contributed by atoms with E-state index in [9.17, 15) is 5.11 Å². The molecule has 2 heteroatoms. The lowest BCUT2D eigenvalue weighted by Crippen LogP contribution is -2.17. The maximum atomic E-state index is 9.38. The van der Waals surface area contributed by atoms with Gasteiger partial charge in [-0.3, -0.25) is 0 Å². The van der Waals surface area contributed by atoms with Crippen LogP contribution in [-0.2, 0) is 0 Å². The SMILES string of the molecule is CCCNCCCC(O)CCC. The molecule has 0 amide bonds. The minimum atomic E-state index is -0.0709. The second-order valence-electron chi connectivity index (χ2n) is 3.33. The summed E-state index contributed by atoms with van der Waals surface area (Å²) in [6.45, 7) is 6.43. The lowest BCUT2D eigenvalue weighted by Gasteiger charge is -2.08. The van der Waals surface area contributed by atoms with Crippen LogP contribution in [0.2, 0.25) is 0 Å². The summed E-state index contributed by atoms with van der Waals surface area (Å²) >= 11 is 0. The first-order valence-electron chi connectivity index (χ1n) is 5.20. The van der Waals surface area contributed by atoms with E-state index < -0.39 is 0 Å². The highest BCUT2D eigenvalue weighted by atomic mass is 16.3. The van der Waals surface area contributed by atoms with Gasteiger partial charge < -0.3 is 10.4 Å². The Balaban J connectivity index is 2.97. The smallest absolute Gasteiger partial charge is 0.0540 e. The molecule has 0 spiro atoms. The van der Waals surface area contributed by atoms with Crippen LogP contribution in [0.5, 0.6) is 0 Å². The van der Waals surface area contributed by atoms with Gasteiger partial charge in [0.1, 0.15) is 0 Å². The van der Waals surface area contributed by atoms with Crippen molar-refractivity contribution in [3.8, 4) is 0 Å². The van der Waals surface area contributed by atoms with Crippen molar-refractivity contribution in [1.82, 2.24) is 5.32 Å². The van der Waals surface area contributed by atoms with Crippen LogP contribution >= 0.6 is 0 Å². The summed E-state index contributed by atoms with van der Waals surface area (Å²) in [5.41, 5.74) is 0. The predicted octanol–water partition coefficient (Wildman–Crippen LogP) is 1.93. The van der Waals surface area contributed by atoms with E-state index in [0.717, 1.165) is 38.8 Å². The van der Waals surface area contributed by atoms with Crippen LogP contribution in [-0.4, -0.2) is 24.3 Å². The summed E-state index contributed by atoms with van der Waals surface area (Å²) < 4.78 is 0. The number of aliphatic hydroxyl groups is 1. The Labute approximate surface area is 76.4 Å². The molecule has 0 aliphatic carbocycles. The standard InChI is InChI=1S/C10H23NO/c1-3-6-10(12)7-5-9-11-8-4-2/h10-12H,3-9H2,1-2H3. The Kier molecular flexibility index (Phi) is 8.95. The largest absolute Gasteiger partial charge is 0.393 e. The molecular weight excluding hydrogens is 150 g/mol. The zero-order valence-electron chi connectivity index (χ0n) is 8.47. The van der Waals surface area contributed by atoms with Crippen molar-refractivity contribution < 1.29 is 5.11 Å². The molecule has 0 fully saturated rings. The molecule has 0 bridgehead atoms. The first kappa shape index (κ1) is 11.9. The first-order chi connectivity index (χ1) is 5.81. The van der Waals surface area contributed by atoms with Gasteiger partial charge in [-0.25, -0.2) is 0 Å². The topological polar surface area (TPSA) is 32.3 Å². The van der Waals surface area contributed by atoms with Gasteiger partial charge in [0.15, 0.2) is 0 Å². The lowest BCUT2D eigenvalue weighted by molar-refractivity contribution is 0.151. The molecule has 0 aromatic rings. The Morgan fingerprint density at radius 3 is 2.42 bits per heavy atom. The third-order valence-corrected chi connectivity index (χ3v) is 1.94. The van der Waals surface area contributed by atoms with E-state index in [1.54, 1.807) is 0 Å². The summed E-state index contributed by atoms with van der Waals surface area (Å²) in [4.78, 5) is 0. The van der Waals surface area contributed by atoms with Gasteiger partial charge in [-0.1, -0.05) is 20.3 Å². The van der Waals surface area contributed by atoms with E-state index in [1.165, 1.54) is 6.42 Å². The summed E-state index contributed by atoms with van der Waals surface area (Å²) in [7, 11) is 0. The normalized spacial score (nSPS) is 13.2. The number of hydrogen-bond acceptors (Lipinski definition) is 2. The molecule has 0 saturated carbocycles. The number of rotatable bonds is 8. The minimum Gasteiger partial charge on any atom is -0.393 e. The molecule has 12 heavy (non-hydrogen) atoms. The number of hydrogen-bond donors (Lipinski definition) is 2. The van der Waals surface area contributed by atoms with Crippen molar-refractivity contribution in [2.24, 2.45) is 0 Å². The molecule has 0 saturated heterocycles. The number of nitrogens with one attached hydrogen (secondary N) is 1. The van der Waals surface area contributed by atoms with Crippen LogP contribution in [0.4, 0.5) is 0 Å². The molecule has 74 valence electrons. The molecule has 2 N–H and O–H groups in total. The van der Waals surface area contributed by atoms with Gasteiger partial charge in [0.25, 0.3) is 0 Å². The zero-order valence-corrected chi connectivity index (χ0v) is 8.47. The Morgan fingerprint density at radius 1 is 1.08 bits per heavy atom. The summed E-state index contributed by atoms with van der Waals surface area (Å²) in [5, 5.41) is 12.7. The highest BCUT2D eigenvalue weighted by Gasteiger charge is 2.00. The molecule has 0 aliphatic heterocycles. The van der Waals surface area contributed by atoms with Gasteiger partial charge in [-0.15, -0.1) is 0 Å². The van der Waals surface area contributed by atoms with E-state index in [0.29, 0.717) is 0 Å². The van der Waals surface area contributed by atoms with E-state index in [2.05, 4.69) is 19.2 Å². The van der Waals surface area contributed by atoms with Crippen LogP contribution in [0.25, 0.3) is 0 Å². The molecular formula is C10H23NO. The van der Waals surface area contributed by atoms with Crippen molar-refractivity contribution >= 4 is 0 Å². The molecule has 0 radical (unpaired) electrons. The average molecular weight is 173 g/mol. The summed E-state index contributed by atoms with van der Waals surface area (Å²) in [6, 6.07) is 0. The monoisotopic (exact) mass is 173 g/mol. The van der Waals surface area contributed by atoms with Gasteiger partial charge in [-0.05, 0) is 38.8 Å². The second kappa shape index (κ2) is 9.01. The minimum absolute atomic E-state index is 0.0709. The van der Waals surface area contributed by atoms with E-state index >= 15 is 0 Å². The van der Waals surface area contributed by atoms with Crippen LogP contribution in [0.3, 0.4) is 0 Å². The molecule has 0 rings (SSSR count). The van der Waals surface area contributed by atoms with Gasteiger partial charge in [0, 0.05) is 0 Å².